The van der Waals surface area contributed by atoms with Gasteiger partial charge in [0.2, 0.25) is 0 Å². The number of aromatic nitrogens is 4. The van der Waals surface area contributed by atoms with E-state index in [1.807, 2.05) is 23.6 Å². The van der Waals surface area contributed by atoms with Crippen LogP contribution in [0, 0.1) is 6.92 Å². The van der Waals surface area contributed by atoms with Gasteiger partial charge in [0, 0.05) is 28.8 Å². The van der Waals surface area contributed by atoms with Crippen molar-refractivity contribution in [2.75, 3.05) is 5.32 Å². The predicted octanol–water partition coefficient (Wildman–Crippen LogP) is 2.84. The van der Waals surface area contributed by atoms with Crippen molar-refractivity contribution in [1.82, 2.24) is 19.4 Å². The van der Waals surface area contributed by atoms with Gasteiger partial charge in [-0.25, -0.2) is 9.97 Å². The number of hydrogen-bond acceptors (Lipinski definition) is 7. The minimum atomic E-state index is -0.528. The van der Waals surface area contributed by atoms with Crippen LogP contribution in [0.15, 0.2) is 46.1 Å². The Morgan fingerprint density at radius 1 is 1.16 bits per heavy atom. The summed E-state index contributed by atoms with van der Waals surface area (Å²) in [5.74, 6) is -0.528. The van der Waals surface area contributed by atoms with E-state index in [1.54, 1.807) is 18.5 Å². The third-order valence-corrected chi connectivity index (χ3v) is 5.23. The fourth-order valence-electron chi connectivity index (χ4n) is 2.31. The lowest BCUT2D eigenvalue weighted by molar-refractivity contribution is 0.102. The Hall–Kier alpha value is -2.91. The molecule has 0 unspecified atom stereocenters. The maximum absolute atomic E-state index is 12.5. The SMILES string of the molecule is Cc1csc2ncc(C(=O)Nc3nc(-c4ccccn4)cs3)c(=O)n12. The Balaban J connectivity index is 1.63. The van der Waals surface area contributed by atoms with E-state index >= 15 is 0 Å². The van der Waals surface area contributed by atoms with Crippen LogP contribution in [0.2, 0.25) is 0 Å². The number of anilines is 1. The van der Waals surface area contributed by atoms with Gasteiger partial charge in [-0.15, -0.1) is 22.7 Å². The molecule has 7 nitrogen and oxygen atoms in total. The highest BCUT2D eigenvalue weighted by Crippen LogP contribution is 2.23. The number of hydrogen-bond donors (Lipinski definition) is 1. The molecular weight excluding hydrogens is 358 g/mol. The Bertz CT molecular complexity index is 1130. The van der Waals surface area contributed by atoms with Crippen molar-refractivity contribution in [3.63, 3.8) is 0 Å². The third-order valence-electron chi connectivity index (χ3n) is 3.51. The molecule has 0 bridgehead atoms. The molecule has 0 aliphatic rings. The molecular formula is C16H11N5O2S2. The Labute approximate surface area is 149 Å². The lowest BCUT2D eigenvalue weighted by Crippen LogP contribution is -2.26. The van der Waals surface area contributed by atoms with E-state index in [4.69, 9.17) is 0 Å². The van der Waals surface area contributed by atoms with Gasteiger partial charge in [-0.1, -0.05) is 6.07 Å². The standard InChI is InChI=1S/C16H11N5O2S2/c1-9-7-25-16-18-6-10(14(23)21(9)16)13(22)20-15-19-12(8-24-15)11-4-2-3-5-17-11/h2-8H,1H3,(H,19,20,22). The monoisotopic (exact) mass is 369 g/mol. The number of nitrogens with zero attached hydrogens (tertiary/aromatic N) is 4. The van der Waals surface area contributed by atoms with E-state index in [1.165, 1.54) is 33.3 Å². The highest BCUT2D eigenvalue weighted by atomic mass is 32.1. The van der Waals surface area contributed by atoms with Crippen molar-refractivity contribution in [1.29, 1.82) is 0 Å². The second kappa shape index (κ2) is 6.19. The number of thiazole rings is 2. The van der Waals surface area contributed by atoms with Crippen LogP contribution in [-0.4, -0.2) is 25.3 Å². The summed E-state index contributed by atoms with van der Waals surface area (Å²) in [5.41, 5.74) is 1.73. The highest BCUT2D eigenvalue weighted by Gasteiger charge is 2.17. The van der Waals surface area contributed by atoms with Gasteiger partial charge in [0.05, 0.1) is 5.69 Å². The van der Waals surface area contributed by atoms with Gasteiger partial charge in [-0.2, -0.15) is 0 Å². The Morgan fingerprint density at radius 3 is 2.84 bits per heavy atom. The first-order chi connectivity index (χ1) is 12.1. The maximum atomic E-state index is 12.5. The molecule has 0 aliphatic heterocycles. The van der Waals surface area contributed by atoms with E-state index in [2.05, 4.69) is 20.3 Å². The van der Waals surface area contributed by atoms with Gasteiger partial charge in [0.1, 0.15) is 11.3 Å². The number of fused-ring (bicyclic) bond motifs is 1. The van der Waals surface area contributed by atoms with E-state index in [9.17, 15) is 9.59 Å². The molecule has 0 saturated heterocycles. The van der Waals surface area contributed by atoms with Crippen LogP contribution in [0.4, 0.5) is 5.13 Å². The molecule has 0 aromatic carbocycles. The zero-order valence-corrected chi connectivity index (χ0v) is 14.6. The third kappa shape index (κ3) is 2.83. The Kier molecular flexibility index (Phi) is 3.86. The summed E-state index contributed by atoms with van der Waals surface area (Å²) in [6, 6.07) is 5.52. The molecule has 4 aromatic heterocycles. The molecule has 0 fully saturated rings. The van der Waals surface area contributed by atoms with Crippen LogP contribution in [0.5, 0.6) is 0 Å². The number of carbonyl (C=O) groups is 1. The number of rotatable bonds is 3. The summed E-state index contributed by atoms with van der Waals surface area (Å²) in [4.78, 5) is 38.3. The number of nitrogens with one attached hydrogen (secondary N) is 1. The normalized spacial score (nSPS) is 10.9. The molecule has 0 aliphatic carbocycles. The van der Waals surface area contributed by atoms with Crippen molar-refractivity contribution in [3.8, 4) is 11.4 Å². The van der Waals surface area contributed by atoms with Gasteiger partial charge < -0.3 is 0 Å². The molecule has 4 rings (SSSR count). The van der Waals surface area contributed by atoms with Crippen molar-refractivity contribution in [2.45, 2.75) is 6.92 Å². The van der Waals surface area contributed by atoms with E-state index in [0.29, 0.717) is 15.8 Å². The van der Waals surface area contributed by atoms with Gasteiger partial charge in [0.15, 0.2) is 10.1 Å². The fourth-order valence-corrected chi connectivity index (χ4v) is 3.83. The van der Waals surface area contributed by atoms with Crippen molar-refractivity contribution in [3.05, 3.63) is 63.0 Å². The first-order valence-electron chi connectivity index (χ1n) is 7.27. The van der Waals surface area contributed by atoms with Crippen LogP contribution >= 0.6 is 22.7 Å². The van der Waals surface area contributed by atoms with Crippen molar-refractivity contribution < 1.29 is 4.79 Å². The summed E-state index contributed by atoms with van der Waals surface area (Å²) in [6.07, 6.45) is 2.98. The fraction of sp³-hybridized carbons (Fsp3) is 0.0625. The molecule has 4 heterocycles. The van der Waals surface area contributed by atoms with Gasteiger partial charge in [0.25, 0.3) is 11.5 Å². The number of amides is 1. The molecule has 4 aromatic rings. The van der Waals surface area contributed by atoms with Crippen LogP contribution in [0.25, 0.3) is 16.3 Å². The molecule has 9 heteroatoms. The minimum Gasteiger partial charge on any atom is -0.298 e. The zero-order chi connectivity index (χ0) is 17.4. The van der Waals surface area contributed by atoms with Gasteiger partial charge >= 0.3 is 0 Å². The summed E-state index contributed by atoms with van der Waals surface area (Å²) >= 11 is 2.63. The van der Waals surface area contributed by atoms with Crippen molar-refractivity contribution >= 4 is 38.7 Å². The second-order valence-corrected chi connectivity index (χ2v) is 6.87. The molecule has 1 amide bonds. The number of carbonyl (C=O) groups excluding carboxylic acids is 1. The smallest absolute Gasteiger partial charge is 0.271 e. The predicted molar refractivity (Wildman–Crippen MR) is 97.4 cm³/mol. The molecule has 0 atom stereocenters. The van der Waals surface area contributed by atoms with Crippen LogP contribution in [0.3, 0.4) is 0 Å². The molecule has 0 spiro atoms. The first kappa shape index (κ1) is 15.6. The molecule has 0 saturated carbocycles. The summed E-state index contributed by atoms with van der Waals surface area (Å²) < 4.78 is 1.43. The average Bonchev–Trinajstić information content (AvgIpc) is 3.23. The lowest BCUT2D eigenvalue weighted by atomic mass is 10.3. The van der Waals surface area contributed by atoms with Gasteiger partial charge in [-0.3, -0.25) is 24.3 Å². The average molecular weight is 369 g/mol. The lowest BCUT2D eigenvalue weighted by Gasteiger charge is -2.02. The number of aryl methyl sites for hydroxylation is 1. The van der Waals surface area contributed by atoms with E-state index in [-0.39, 0.29) is 11.1 Å². The first-order valence-corrected chi connectivity index (χ1v) is 9.03. The number of pyridine rings is 1. The van der Waals surface area contributed by atoms with Crippen LogP contribution < -0.4 is 10.9 Å². The Morgan fingerprint density at radius 2 is 2.04 bits per heavy atom. The van der Waals surface area contributed by atoms with Crippen molar-refractivity contribution in [2.24, 2.45) is 0 Å². The van der Waals surface area contributed by atoms with Crippen LogP contribution in [-0.2, 0) is 0 Å². The molecule has 25 heavy (non-hydrogen) atoms. The maximum Gasteiger partial charge on any atom is 0.271 e. The topological polar surface area (TPSA) is 89.2 Å². The summed E-state index contributed by atoms with van der Waals surface area (Å²) in [5, 5.41) is 6.68. The minimum absolute atomic E-state index is 0.0198. The quantitative estimate of drug-likeness (QED) is 0.600. The largest absolute Gasteiger partial charge is 0.298 e. The summed E-state index contributed by atoms with van der Waals surface area (Å²) in [6.45, 7) is 1.80. The molecule has 0 radical (unpaired) electrons. The van der Waals surface area contributed by atoms with Gasteiger partial charge in [-0.05, 0) is 19.1 Å². The molecule has 124 valence electrons. The van der Waals surface area contributed by atoms with E-state index < -0.39 is 5.91 Å². The second-order valence-electron chi connectivity index (χ2n) is 5.18. The van der Waals surface area contributed by atoms with Crippen LogP contribution in [0.1, 0.15) is 16.1 Å². The van der Waals surface area contributed by atoms with E-state index in [0.717, 1.165) is 11.4 Å². The highest BCUT2D eigenvalue weighted by molar-refractivity contribution is 7.15. The summed E-state index contributed by atoms with van der Waals surface area (Å²) in [7, 11) is 0. The molecule has 1 N–H and O–H groups in total. The zero-order valence-electron chi connectivity index (χ0n) is 13.0.